The number of amides is 1. The molecule has 0 aliphatic rings. The number of hydrogen-bond donors (Lipinski definition) is 1. The summed E-state index contributed by atoms with van der Waals surface area (Å²) < 4.78 is 10.7. The Labute approximate surface area is 120 Å². The van der Waals surface area contributed by atoms with Crippen LogP contribution in [0.15, 0.2) is 18.2 Å². The van der Waals surface area contributed by atoms with Crippen LogP contribution in [0.3, 0.4) is 0 Å². The summed E-state index contributed by atoms with van der Waals surface area (Å²) in [6.07, 6.45) is -0.574. The van der Waals surface area contributed by atoms with Crippen molar-refractivity contribution in [1.29, 1.82) is 0 Å². The Bertz CT molecular complexity index is 441. The number of aliphatic hydroxyl groups excluding tert-OH is 1. The average molecular weight is 281 g/mol. The van der Waals surface area contributed by atoms with E-state index in [0.717, 1.165) is 5.56 Å². The highest BCUT2D eigenvalue weighted by Crippen LogP contribution is 2.30. The zero-order valence-electron chi connectivity index (χ0n) is 12.5. The van der Waals surface area contributed by atoms with Gasteiger partial charge in [-0.05, 0) is 38.5 Å². The average Bonchev–Trinajstić information content (AvgIpc) is 2.45. The van der Waals surface area contributed by atoms with Crippen molar-refractivity contribution in [2.45, 2.75) is 26.9 Å². The molecule has 0 saturated heterocycles. The number of benzene rings is 1. The molecule has 1 atom stereocenters. The second-order valence-corrected chi connectivity index (χ2v) is 4.44. The normalized spacial score (nSPS) is 11.8. The van der Waals surface area contributed by atoms with Gasteiger partial charge in [-0.25, -0.2) is 0 Å². The Morgan fingerprint density at radius 2 is 1.95 bits per heavy atom. The smallest absolute Gasteiger partial charge is 0.260 e. The fourth-order valence-corrected chi connectivity index (χ4v) is 1.87. The maximum atomic E-state index is 11.9. The maximum Gasteiger partial charge on any atom is 0.260 e. The summed E-state index contributed by atoms with van der Waals surface area (Å²) in [5.41, 5.74) is 0.740. The van der Waals surface area contributed by atoms with Gasteiger partial charge in [-0.1, -0.05) is 6.07 Å². The topological polar surface area (TPSA) is 59.0 Å². The van der Waals surface area contributed by atoms with E-state index in [9.17, 15) is 9.90 Å². The minimum atomic E-state index is -0.574. The van der Waals surface area contributed by atoms with Crippen LogP contribution in [0.2, 0.25) is 0 Å². The molecule has 0 aliphatic carbocycles. The molecule has 1 rings (SSSR count). The van der Waals surface area contributed by atoms with Crippen LogP contribution in [0, 0.1) is 0 Å². The van der Waals surface area contributed by atoms with Gasteiger partial charge in [0.1, 0.15) is 0 Å². The number of ether oxygens (including phenoxy) is 2. The lowest BCUT2D eigenvalue weighted by molar-refractivity contribution is -0.132. The van der Waals surface area contributed by atoms with Gasteiger partial charge in [0.15, 0.2) is 18.1 Å². The molecule has 1 N–H and O–H groups in total. The first kappa shape index (κ1) is 16.3. The predicted molar refractivity (Wildman–Crippen MR) is 77.1 cm³/mol. The van der Waals surface area contributed by atoms with Gasteiger partial charge in [-0.15, -0.1) is 0 Å². The van der Waals surface area contributed by atoms with Gasteiger partial charge < -0.3 is 19.5 Å². The van der Waals surface area contributed by atoms with Crippen LogP contribution in [0.4, 0.5) is 0 Å². The fraction of sp³-hybridized carbons (Fsp3) is 0.533. The lowest BCUT2D eigenvalue weighted by atomic mass is 10.1. The highest BCUT2D eigenvalue weighted by Gasteiger charge is 2.13. The van der Waals surface area contributed by atoms with Crippen molar-refractivity contribution in [1.82, 2.24) is 4.90 Å². The van der Waals surface area contributed by atoms with Crippen molar-refractivity contribution in [2.75, 3.05) is 26.8 Å². The molecule has 0 bridgehead atoms. The monoisotopic (exact) mass is 281 g/mol. The third-order valence-corrected chi connectivity index (χ3v) is 3.14. The van der Waals surface area contributed by atoms with E-state index in [1.54, 1.807) is 30.0 Å². The fourth-order valence-electron chi connectivity index (χ4n) is 1.87. The number of likely N-dealkylation sites (N-methyl/N-ethyl adjacent to an activating group) is 1. The molecule has 0 aromatic heterocycles. The largest absolute Gasteiger partial charge is 0.493 e. The molecule has 0 fully saturated rings. The Balaban J connectivity index is 2.75. The number of aliphatic hydroxyl groups is 1. The van der Waals surface area contributed by atoms with Crippen molar-refractivity contribution in [2.24, 2.45) is 0 Å². The quantitative estimate of drug-likeness (QED) is 0.830. The molecule has 112 valence electrons. The molecule has 0 radical (unpaired) electrons. The molecular weight excluding hydrogens is 258 g/mol. The van der Waals surface area contributed by atoms with E-state index in [2.05, 4.69) is 0 Å². The van der Waals surface area contributed by atoms with Crippen LogP contribution in [-0.2, 0) is 4.79 Å². The molecule has 0 spiro atoms. The van der Waals surface area contributed by atoms with E-state index in [4.69, 9.17) is 9.47 Å². The van der Waals surface area contributed by atoms with Crippen LogP contribution >= 0.6 is 0 Å². The molecule has 5 nitrogen and oxygen atoms in total. The molecule has 0 unspecified atom stereocenters. The molecule has 1 aromatic carbocycles. The molecule has 1 aromatic rings. The highest BCUT2D eigenvalue weighted by atomic mass is 16.5. The van der Waals surface area contributed by atoms with Gasteiger partial charge in [0.25, 0.3) is 5.91 Å². The van der Waals surface area contributed by atoms with E-state index >= 15 is 0 Å². The Morgan fingerprint density at radius 1 is 1.30 bits per heavy atom. The zero-order valence-corrected chi connectivity index (χ0v) is 12.5. The molecule has 1 amide bonds. The van der Waals surface area contributed by atoms with Crippen molar-refractivity contribution in [3.63, 3.8) is 0 Å². The number of methoxy groups -OCH3 is 1. The third-order valence-electron chi connectivity index (χ3n) is 3.14. The predicted octanol–water partition coefficient (Wildman–Crippen LogP) is 2.00. The summed E-state index contributed by atoms with van der Waals surface area (Å²) >= 11 is 0. The first-order valence-electron chi connectivity index (χ1n) is 6.80. The Hall–Kier alpha value is -1.75. The lowest BCUT2D eigenvalue weighted by Crippen LogP contribution is -2.34. The van der Waals surface area contributed by atoms with Gasteiger partial charge >= 0.3 is 0 Å². The third kappa shape index (κ3) is 4.13. The van der Waals surface area contributed by atoms with Crippen LogP contribution < -0.4 is 9.47 Å². The van der Waals surface area contributed by atoms with E-state index in [0.29, 0.717) is 24.6 Å². The number of rotatable bonds is 7. The van der Waals surface area contributed by atoms with Crippen molar-refractivity contribution >= 4 is 5.91 Å². The van der Waals surface area contributed by atoms with E-state index in [-0.39, 0.29) is 12.5 Å². The first-order chi connectivity index (χ1) is 9.53. The van der Waals surface area contributed by atoms with Crippen molar-refractivity contribution in [3.05, 3.63) is 23.8 Å². The van der Waals surface area contributed by atoms with Crippen LogP contribution in [0.25, 0.3) is 0 Å². The summed E-state index contributed by atoms with van der Waals surface area (Å²) in [7, 11) is 1.53. The Morgan fingerprint density at radius 3 is 2.45 bits per heavy atom. The maximum absolute atomic E-state index is 11.9. The zero-order chi connectivity index (χ0) is 15.1. The van der Waals surface area contributed by atoms with Crippen LogP contribution in [0.1, 0.15) is 32.4 Å². The number of nitrogens with zero attached hydrogens (tertiary/aromatic N) is 1. The number of carbonyl (C=O) groups is 1. The summed E-state index contributed by atoms with van der Waals surface area (Å²) in [4.78, 5) is 13.6. The SMILES string of the molecule is CCN(CC)C(=O)COc1ccc([C@H](C)O)cc1OC. The second kappa shape index (κ2) is 7.75. The van der Waals surface area contributed by atoms with Gasteiger partial charge in [0.2, 0.25) is 0 Å². The molecular formula is C15H23NO4. The van der Waals surface area contributed by atoms with Crippen molar-refractivity contribution < 1.29 is 19.4 Å². The highest BCUT2D eigenvalue weighted by molar-refractivity contribution is 5.77. The van der Waals surface area contributed by atoms with Gasteiger partial charge in [0.05, 0.1) is 13.2 Å². The molecule has 0 saturated carbocycles. The van der Waals surface area contributed by atoms with Gasteiger partial charge in [0, 0.05) is 13.1 Å². The molecule has 5 heteroatoms. The van der Waals surface area contributed by atoms with E-state index < -0.39 is 6.10 Å². The summed E-state index contributed by atoms with van der Waals surface area (Å²) in [5, 5.41) is 9.53. The number of hydrogen-bond acceptors (Lipinski definition) is 4. The number of carbonyl (C=O) groups excluding carboxylic acids is 1. The van der Waals surface area contributed by atoms with Crippen molar-refractivity contribution in [3.8, 4) is 11.5 Å². The molecule has 0 heterocycles. The first-order valence-corrected chi connectivity index (χ1v) is 6.80. The van der Waals surface area contributed by atoms with Gasteiger partial charge in [-0.3, -0.25) is 4.79 Å². The lowest BCUT2D eigenvalue weighted by Gasteiger charge is -2.19. The summed E-state index contributed by atoms with van der Waals surface area (Å²) in [6.45, 7) is 6.84. The molecule has 0 aliphatic heterocycles. The van der Waals surface area contributed by atoms with E-state index in [1.807, 2.05) is 13.8 Å². The Kier molecular flexibility index (Phi) is 6.31. The second-order valence-electron chi connectivity index (χ2n) is 4.44. The van der Waals surface area contributed by atoms with Crippen LogP contribution in [-0.4, -0.2) is 42.7 Å². The van der Waals surface area contributed by atoms with Crippen LogP contribution in [0.5, 0.6) is 11.5 Å². The van der Waals surface area contributed by atoms with E-state index in [1.165, 1.54) is 7.11 Å². The standard InChI is InChI=1S/C15H23NO4/c1-5-16(6-2)15(18)10-20-13-8-7-12(11(3)17)9-14(13)19-4/h7-9,11,17H,5-6,10H2,1-4H3/t11-/m0/s1. The van der Waals surface area contributed by atoms with Gasteiger partial charge in [-0.2, -0.15) is 0 Å². The minimum Gasteiger partial charge on any atom is -0.493 e. The summed E-state index contributed by atoms with van der Waals surface area (Å²) in [5.74, 6) is 0.949. The summed E-state index contributed by atoms with van der Waals surface area (Å²) in [6, 6.07) is 5.17. The minimum absolute atomic E-state index is 0.0218. The molecule has 20 heavy (non-hydrogen) atoms.